The predicted octanol–water partition coefficient (Wildman–Crippen LogP) is 5.12. The van der Waals surface area contributed by atoms with Gasteiger partial charge >= 0.3 is 0 Å². The predicted molar refractivity (Wildman–Crippen MR) is 93.7 cm³/mol. The first-order valence-corrected chi connectivity index (χ1v) is 8.68. The molecule has 2 spiro atoms. The summed E-state index contributed by atoms with van der Waals surface area (Å²) >= 11 is 0. The maximum absolute atomic E-state index is 6.66. The van der Waals surface area contributed by atoms with Crippen LogP contribution in [0.15, 0.2) is 54.6 Å². The first-order chi connectivity index (χ1) is 11.3. The van der Waals surface area contributed by atoms with Gasteiger partial charge in [0.2, 0.25) is 5.72 Å². The second kappa shape index (κ2) is 4.64. The Balaban J connectivity index is 1.69. The van der Waals surface area contributed by atoms with E-state index < -0.39 is 5.72 Å². The monoisotopic (exact) mass is 303 g/mol. The highest BCUT2D eigenvalue weighted by molar-refractivity contribution is 5.71. The van der Waals surface area contributed by atoms with E-state index in [2.05, 4.69) is 66.0 Å². The molecule has 0 bridgehead atoms. The second-order valence-corrected chi connectivity index (χ2v) is 7.02. The van der Waals surface area contributed by atoms with E-state index in [0.29, 0.717) is 0 Å². The van der Waals surface area contributed by atoms with Gasteiger partial charge in [-0.25, -0.2) is 0 Å². The number of rotatable bonds is 0. The molecule has 3 aliphatic rings. The molecule has 23 heavy (non-hydrogen) atoms. The topological polar surface area (TPSA) is 21.3 Å². The Morgan fingerprint density at radius 1 is 0.870 bits per heavy atom. The van der Waals surface area contributed by atoms with Crippen LogP contribution in [0.5, 0.6) is 5.75 Å². The van der Waals surface area contributed by atoms with E-state index >= 15 is 0 Å². The summed E-state index contributed by atoms with van der Waals surface area (Å²) < 4.78 is 6.66. The highest BCUT2D eigenvalue weighted by atomic mass is 16.5. The number of hydrogen-bond acceptors (Lipinski definition) is 2. The van der Waals surface area contributed by atoms with Gasteiger partial charge < -0.3 is 10.1 Å². The molecule has 1 fully saturated rings. The van der Waals surface area contributed by atoms with Gasteiger partial charge in [0.15, 0.2) is 0 Å². The molecular formula is C21H21NO. The summed E-state index contributed by atoms with van der Waals surface area (Å²) in [4.78, 5) is 0. The van der Waals surface area contributed by atoms with Crippen LogP contribution in [0.1, 0.15) is 43.2 Å². The minimum absolute atomic E-state index is 0.0475. The Hall–Kier alpha value is -2.22. The molecule has 1 unspecified atom stereocenters. The number of ether oxygens (including phenoxy) is 1. The molecule has 1 atom stereocenters. The van der Waals surface area contributed by atoms with E-state index in [1.54, 1.807) is 0 Å². The molecule has 2 aromatic rings. The third-order valence-corrected chi connectivity index (χ3v) is 5.87. The van der Waals surface area contributed by atoms with Crippen molar-refractivity contribution in [2.75, 3.05) is 5.32 Å². The lowest BCUT2D eigenvalue weighted by Crippen LogP contribution is -2.57. The number of hydrogen-bond donors (Lipinski definition) is 1. The van der Waals surface area contributed by atoms with Crippen molar-refractivity contribution in [1.29, 1.82) is 0 Å². The van der Waals surface area contributed by atoms with E-state index in [9.17, 15) is 0 Å². The van der Waals surface area contributed by atoms with E-state index in [1.165, 1.54) is 48.9 Å². The molecule has 116 valence electrons. The summed E-state index contributed by atoms with van der Waals surface area (Å²) in [7, 11) is 0. The molecule has 2 aliphatic heterocycles. The van der Waals surface area contributed by atoms with Crippen molar-refractivity contribution >= 4 is 11.8 Å². The molecule has 2 heteroatoms. The van der Waals surface area contributed by atoms with Gasteiger partial charge in [0, 0.05) is 11.3 Å². The van der Waals surface area contributed by atoms with Crippen molar-refractivity contribution in [2.24, 2.45) is 0 Å². The van der Waals surface area contributed by atoms with Crippen molar-refractivity contribution < 1.29 is 4.74 Å². The first-order valence-electron chi connectivity index (χ1n) is 8.68. The van der Waals surface area contributed by atoms with Crippen LogP contribution in [0.2, 0.25) is 0 Å². The Kier molecular flexibility index (Phi) is 2.67. The molecule has 0 amide bonds. The van der Waals surface area contributed by atoms with Crippen LogP contribution in [0, 0.1) is 0 Å². The van der Waals surface area contributed by atoms with Crippen molar-refractivity contribution in [3.8, 4) is 5.75 Å². The van der Waals surface area contributed by atoms with Crippen molar-refractivity contribution in [2.45, 2.75) is 43.2 Å². The highest BCUT2D eigenvalue weighted by Crippen LogP contribution is 2.57. The number of benzene rings is 2. The lowest BCUT2D eigenvalue weighted by atomic mass is 9.64. The first kappa shape index (κ1) is 13.2. The standard InChI is InChI=1S/C21H21NO/c1-6-13-20(14-7-1)17-9-3-4-10-18(17)22-21(20)15-12-16-8-2-5-11-19(16)23-21/h2-5,8-12,15,22H,1,6-7,13-14H2. The van der Waals surface area contributed by atoms with Crippen LogP contribution >= 0.6 is 0 Å². The average molecular weight is 303 g/mol. The molecule has 0 saturated heterocycles. The van der Waals surface area contributed by atoms with Gasteiger partial charge in [-0.2, -0.15) is 0 Å². The summed E-state index contributed by atoms with van der Waals surface area (Å²) in [5.41, 5.74) is 3.45. The van der Waals surface area contributed by atoms with Crippen LogP contribution in [0.3, 0.4) is 0 Å². The number of nitrogens with one attached hydrogen (secondary N) is 1. The number of fused-ring (bicyclic) bond motifs is 4. The molecule has 5 rings (SSSR count). The number of anilines is 1. The normalized spacial score (nSPS) is 26.4. The summed E-state index contributed by atoms with van der Waals surface area (Å²) in [6.45, 7) is 0. The molecular weight excluding hydrogens is 282 g/mol. The minimum Gasteiger partial charge on any atom is -0.463 e. The third kappa shape index (κ3) is 1.69. The molecule has 1 saturated carbocycles. The van der Waals surface area contributed by atoms with E-state index in [4.69, 9.17) is 4.74 Å². The molecule has 1 aliphatic carbocycles. The average Bonchev–Trinajstić information content (AvgIpc) is 2.85. The molecule has 2 aromatic carbocycles. The summed E-state index contributed by atoms with van der Waals surface area (Å²) in [6.07, 6.45) is 10.7. The van der Waals surface area contributed by atoms with Gasteiger partial charge in [-0.1, -0.05) is 55.7 Å². The van der Waals surface area contributed by atoms with Gasteiger partial charge in [-0.05, 0) is 42.7 Å². The van der Waals surface area contributed by atoms with E-state index in [-0.39, 0.29) is 5.41 Å². The van der Waals surface area contributed by atoms with Gasteiger partial charge in [0.05, 0.1) is 5.41 Å². The Labute approximate surface area is 137 Å². The van der Waals surface area contributed by atoms with E-state index in [1.807, 2.05) is 0 Å². The molecule has 2 heterocycles. The maximum Gasteiger partial charge on any atom is 0.210 e. The maximum atomic E-state index is 6.66. The molecule has 1 N–H and O–H groups in total. The van der Waals surface area contributed by atoms with Crippen LogP contribution in [-0.4, -0.2) is 5.72 Å². The SMILES string of the molecule is C1=CC2(Nc3ccccc3C23CCCCC3)Oc2ccccc21. The van der Waals surface area contributed by atoms with Crippen LogP contribution < -0.4 is 10.1 Å². The second-order valence-electron chi connectivity index (χ2n) is 7.02. The van der Waals surface area contributed by atoms with Crippen molar-refractivity contribution in [1.82, 2.24) is 0 Å². The third-order valence-electron chi connectivity index (χ3n) is 5.87. The van der Waals surface area contributed by atoms with Gasteiger partial charge in [0.1, 0.15) is 5.75 Å². The van der Waals surface area contributed by atoms with Crippen molar-refractivity contribution in [3.05, 3.63) is 65.7 Å². The Bertz CT molecular complexity index is 788. The van der Waals surface area contributed by atoms with Gasteiger partial charge in [0.25, 0.3) is 0 Å². The molecule has 0 aromatic heterocycles. The van der Waals surface area contributed by atoms with Crippen LogP contribution in [-0.2, 0) is 5.41 Å². The zero-order chi connectivity index (χ0) is 15.3. The summed E-state index contributed by atoms with van der Waals surface area (Å²) in [6, 6.07) is 17.1. The zero-order valence-corrected chi connectivity index (χ0v) is 13.2. The van der Waals surface area contributed by atoms with Crippen LogP contribution in [0.25, 0.3) is 6.08 Å². The van der Waals surface area contributed by atoms with E-state index in [0.717, 1.165) is 5.75 Å². The Morgan fingerprint density at radius 3 is 2.57 bits per heavy atom. The fourth-order valence-electron chi connectivity index (χ4n) is 4.78. The fourth-order valence-corrected chi connectivity index (χ4v) is 4.78. The largest absolute Gasteiger partial charge is 0.463 e. The Morgan fingerprint density at radius 2 is 1.65 bits per heavy atom. The number of para-hydroxylation sites is 2. The summed E-state index contributed by atoms with van der Waals surface area (Å²) in [5, 5.41) is 3.74. The highest BCUT2D eigenvalue weighted by Gasteiger charge is 2.59. The lowest BCUT2D eigenvalue weighted by molar-refractivity contribution is 0.0388. The molecule has 0 radical (unpaired) electrons. The summed E-state index contributed by atoms with van der Waals surface area (Å²) in [5.74, 6) is 0.986. The zero-order valence-electron chi connectivity index (χ0n) is 13.2. The smallest absolute Gasteiger partial charge is 0.210 e. The van der Waals surface area contributed by atoms with Gasteiger partial charge in [-0.15, -0.1) is 0 Å². The quantitative estimate of drug-likeness (QED) is 0.729. The minimum atomic E-state index is -0.439. The lowest BCUT2D eigenvalue weighted by Gasteiger charge is -2.47. The fraction of sp³-hybridized carbons (Fsp3) is 0.333. The van der Waals surface area contributed by atoms with Crippen molar-refractivity contribution in [3.63, 3.8) is 0 Å². The van der Waals surface area contributed by atoms with Crippen LogP contribution in [0.4, 0.5) is 5.69 Å². The molecule has 2 nitrogen and oxygen atoms in total. The van der Waals surface area contributed by atoms with Gasteiger partial charge in [-0.3, -0.25) is 0 Å².